The summed E-state index contributed by atoms with van der Waals surface area (Å²) in [5.41, 5.74) is 4.13. The smallest absolute Gasteiger partial charge is 0.229 e. The average molecular weight is 396 g/mol. The Bertz CT molecular complexity index is 884. The first-order chi connectivity index (χ1) is 14.2. The van der Waals surface area contributed by atoms with Crippen molar-refractivity contribution in [2.45, 2.75) is 64.3 Å². The van der Waals surface area contributed by atoms with Crippen LogP contribution in [-0.4, -0.2) is 38.8 Å². The van der Waals surface area contributed by atoms with Gasteiger partial charge in [0.2, 0.25) is 5.91 Å². The molecule has 3 heterocycles. The van der Waals surface area contributed by atoms with Gasteiger partial charge in [0.15, 0.2) is 0 Å². The maximum absolute atomic E-state index is 13.3. The minimum absolute atomic E-state index is 0.0270. The number of ether oxygens (including phenoxy) is 1. The second-order valence-electron chi connectivity index (χ2n) is 8.76. The van der Waals surface area contributed by atoms with Crippen LogP contribution in [0.4, 0.5) is 0 Å². The molecular formula is C23H29N3O3. The number of amides is 1. The van der Waals surface area contributed by atoms with E-state index in [4.69, 9.17) is 4.74 Å². The molecule has 1 aromatic carbocycles. The Morgan fingerprint density at radius 2 is 1.93 bits per heavy atom. The molecule has 29 heavy (non-hydrogen) atoms. The quantitative estimate of drug-likeness (QED) is 0.864. The third-order valence-corrected chi connectivity index (χ3v) is 7.18. The average Bonchev–Trinajstić information content (AvgIpc) is 3.29. The normalized spacial score (nSPS) is 26.9. The van der Waals surface area contributed by atoms with Crippen LogP contribution in [0.3, 0.4) is 0 Å². The number of likely N-dealkylation sites (tertiary alicyclic amines) is 1. The van der Waals surface area contributed by atoms with Gasteiger partial charge in [0, 0.05) is 18.7 Å². The molecule has 0 unspecified atom stereocenters. The highest BCUT2D eigenvalue weighted by Crippen LogP contribution is 2.50. The van der Waals surface area contributed by atoms with E-state index in [2.05, 4.69) is 17.2 Å². The van der Waals surface area contributed by atoms with Crippen molar-refractivity contribution in [1.29, 1.82) is 0 Å². The predicted molar refractivity (Wildman–Crippen MR) is 108 cm³/mol. The molecule has 3 aliphatic rings. The lowest BCUT2D eigenvalue weighted by Crippen LogP contribution is -2.37. The van der Waals surface area contributed by atoms with Crippen LogP contribution in [0.25, 0.3) is 0 Å². The van der Waals surface area contributed by atoms with Crippen molar-refractivity contribution in [3.05, 3.63) is 52.8 Å². The largest absolute Gasteiger partial charge is 0.390 e. The van der Waals surface area contributed by atoms with E-state index >= 15 is 0 Å². The predicted octanol–water partition coefficient (Wildman–Crippen LogP) is 2.98. The zero-order chi connectivity index (χ0) is 19.8. The number of fused-ring (bicyclic) bond motifs is 1. The summed E-state index contributed by atoms with van der Waals surface area (Å²) < 4.78 is 7.67. The number of aliphatic hydroxyl groups excluding tert-OH is 1. The third-order valence-electron chi connectivity index (χ3n) is 7.18. The molecule has 0 atom stereocenters. The number of carbonyl (C=O) groups is 1. The Kier molecular flexibility index (Phi) is 4.92. The molecule has 2 fully saturated rings. The van der Waals surface area contributed by atoms with Crippen molar-refractivity contribution >= 4 is 5.91 Å². The van der Waals surface area contributed by atoms with E-state index in [0.29, 0.717) is 31.6 Å². The Balaban J connectivity index is 1.30. The number of rotatable bonds is 4. The van der Waals surface area contributed by atoms with Gasteiger partial charge < -0.3 is 14.7 Å². The summed E-state index contributed by atoms with van der Waals surface area (Å²) in [6.45, 7) is 3.56. The van der Waals surface area contributed by atoms with Crippen molar-refractivity contribution in [2.75, 3.05) is 13.2 Å². The summed E-state index contributed by atoms with van der Waals surface area (Å²) in [7, 11) is 0. The summed E-state index contributed by atoms with van der Waals surface area (Å²) in [6.07, 6.45) is 4.79. The number of benzene rings is 1. The van der Waals surface area contributed by atoms with Crippen LogP contribution in [0, 0.1) is 5.41 Å². The van der Waals surface area contributed by atoms with Crippen LogP contribution >= 0.6 is 0 Å². The van der Waals surface area contributed by atoms with Crippen molar-refractivity contribution in [3.63, 3.8) is 0 Å². The zero-order valence-electron chi connectivity index (χ0n) is 16.8. The van der Waals surface area contributed by atoms with Crippen LogP contribution in [0.15, 0.2) is 30.3 Å². The molecule has 2 aromatic rings. The van der Waals surface area contributed by atoms with Gasteiger partial charge in [-0.2, -0.15) is 5.10 Å². The van der Waals surface area contributed by atoms with Gasteiger partial charge in [0.05, 0.1) is 43.2 Å². The molecule has 0 bridgehead atoms. The first-order valence-corrected chi connectivity index (χ1v) is 10.8. The maximum atomic E-state index is 13.3. The molecule has 1 aliphatic carbocycles. The van der Waals surface area contributed by atoms with Gasteiger partial charge in [0.25, 0.3) is 0 Å². The molecule has 1 saturated carbocycles. The van der Waals surface area contributed by atoms with E-state index < -0.39 is 0 Å². The van der Waals surface area contributed by atoms with E-state index in [1.807, 2.05) is 27.8 Å². The topological polar surface area (TPSA) is 67.6 Å². The second-order valence-corrected chi connectivity index (χ2v) is 8.76. The van der Waals surface area contributed by atoms with Crippen molar-refractivity contribution in [3.8, 4) is 0 Å². The Hall–Kier alpha value is -2.18. The molecule has 6 heteroatoms. The number of aromatic nitrogens is 2. The Labute approximate surface area is 171 Å². The highest BCUT2D eigenvalue weighted by molar-refractivity contribution is 5.85. The SMILES string of the molecule is O=C1N(Cc2ccccc2)CCC12CCC(c1c(CO)nn3c1COCC3)CC2. The molecule has 1 amide bonds. The van der Waals surface area contributed by atoms with E-state index in [0.717, 1.165) is 56.6 Å². The van der Waals surface area contributed by atoms with E-state index in [-0.39, 0.29) is 12.0 Å². The molecule has 2 aliphatic heterocycles. The van der Waals surface area contributed by atoms with Crippen LogP contribution in [0.1, 0.15) is 60.5 Å². The van der Waals surface area contributed by atoms with E-state index in [9.17, 15) is 9.90 Å². The van der Waals surface area contributed by atoms with Crippen LogP contribution in [0.2, 0.25) is 0 Å². The van der Waals surface area contributed by atoms with Gasteiger partial charge in [-0.25, -0.2) is 0 Å². The third kappa shape index (κ3) is 3.28. The summed E-state index contributed by atoms with van der Waals surface area (Å²) >= 11 is 0. The number of hydrogen-bond donors (Lipinski definition) is 1. The minimum Gasteiger partial charge on any atom is -0.390 e. The molecule has 5 rings (SSSR count). The minimum atomic E-state index is -0.186. The molecule has 1 spiro atoms. The monoisotopic (exact) mass is 395 g/mol. The summed E-state index contributed by atoms with van der Waals surface area (Å²) in [5, 5.41) is 14.5. The fourth-order valence-corrected chi connectivity index (χ4v) is 5.58. The lowest BCUT2D eigenvalue weighted by Gasteiger charge is -2.36. The van der Waals surface area contributed by atoms with Gasteiger partial charge in [-0.05, 0) is 43.6 Å². The summed E-state index contributed by atoms with van der Waals surface area (Å²) in [4.78, 5) is 15.3. The first-order valence-electron chi connectivity index (χ1n) is 10.8. The number of aliphatic hydroxyl groups is 1. The molecule has 1 saturated heterocycles. The van der Waals surface area contributed by atoms with Gasteiger partial charge in [-0.15, -0.1) is 0 Å². The van der Waals surface area contributed by atoms with Gasteiger partial charge in [0.1, 0.15) is 0 Å². The molecule has 0 radical (unpaired) electrons. The lowest BCUT2D eigenvalue weighted by atomic mass is 9.67. The van der Waals surface area contributed by atoms with Crippen LogP contribution < -0.4 is 0 Å². The molecule has 1 aromatic heterocycles. The fourth-order valence-electron chi connectivity index (χ4n) is 5.58. The number of nitrogens with zero attached hydrogens (tertiary/aromatic N) is 3. The summed E-state index contributed by atoms with van der Waals surface area (Å²) in [6, 6.07) is 10.3. The van der Waals surface area contributed by atoms with Crippen molar-refractivity contribution in [1.82, 2.24) is 14.7 Å². The molecule has 6 nitrogen and oxygen atoms in total. The maximum Gasteiger partial charge on any atom is 0.229 e. The highest BCUT2D eigenvalue weighted by Gasteiger charge is 2.48. The summed E-state index contributed by atoms with van der Waals surface area (Å²) in [5.74, 6) is 0.701. The van der Waals surface area contributed by atoms with Crippen LogP contribution in [0.5, 0.6) is 0 Å². The zero-order valence-corrected chi connectivity index (χ0v) is 16.8. The Morgan fingerprint density at radius 1 is 1.14 bits per heavy atom. The Morgan fingerprint density at radius 3 is 2.69 bits per heavy atom. The molecular weight excluding hydrogens is 366 g/mol. The number of hydrogen-bond acceptors (Lipinski definition) is 4. The van der Waals surface area contributed by atoms with Crippen LogP contribution in [-0.2, 0) is 35.8 Å². The standard InChI is InChI=1S/C23H29N3O3/c27-15-19-21(20-16-29-13-12-26(20)24-19)18-6-8-23(9-7-18)10-11-25(22(23)28)14-17-4-2-1-3-5-17/h1-5,18,27H,6-16H2. The van der Waals surface area contributed by atoms with Crippen molar-refractivity contribution < 1.29 is 14.6 Å². The van der Waals surface area contributed by atoms with Crippen molar-refractivity contribution in [2.24, 2.45) is 5.41 Å². The lowest BCUT2D eigenvalue weighted by molar-refractivity contribution is -0.138. The molecule has 1 N–H and O–H groups in total. The first kappa shape index (κ1) is 18.8. The highest BCUT2D eigenvalue weighted by atomic mass is 16.5. The van der Waals surface area contributed by atoms with Gasteiger partial charge in [-0.3, -0.25) is 9.48 Å². The van der Waals surface area contributed by atoms with E-state index in [1.165, 1.54) is 11.1 Å². The van der Waals surface area contributed by atoms with Gasteiger partial charge in [-0.1, -0.05) is 30.3 Å². The number of carbonyl (C=O) groups excluding carboxylic acids is 1. The van der Waals surface area contributed by atoms with E-state index in [1.54, 1.807) is 0 Å². The molecule has 154 valence electrons. The van der Waals surface area contributed by atoms with Gasteiger partial charge >= 0.3 is 0 Å². The second kappa shape index (κ2) is 7.58. The fraction of sp³-hybridized carbons (Fsp3) is 0.565.